The Morgan fingerprint density at radius 2 is 2.00 bits per heavy atom. The maximum atomic E-state index is 13.2. The Bertz CT molecular complexity index is 1270. The van der Waals surface area contributed by atoms with Crippen molar-refractivity contribution in [1.29, 1.82) is 0 Å². The lowest BCUT2D eigenvalue weighted by Gasteiger charge is -2.37. The van der Waals surface area contributed by atoms with Crippen molar-refractivity contribution in [2.24, 2.45) is 5.92 Å². The molecule has 6 nitrogen and oxygen atoms in total. The van der Waals surface area contributed by atoms with Crippen molar-refractivity contribution < 1.29 is 18.7 Å². The van der Waals surface area contributed by atoms with Gasteiger partial charge < -0.3 is 14.6 Å². The molecule has 0 unspecified atom stereocenters. The molecular formula is C22H22ClF2N3O3S. The van der Waals surface area contributed by atoms with E-state index in [0.29, 0.717) is 44.3 Å². The number of anilines is 1. The van der Waals surface area contributed by atoms with E-state index >= 15 is 0 Å². The van der Waals surface area contributed by atoms with Crippen molar-refractivity contribution in [3.8, 4) is 0 Å². The normalized spacial score (nSPS) is 15.8. The Morgan fingerprint density at radius 3 is 2.62 bits per heavy atom. The highest BCUT2D eigenvalue weighted by molar-refractivity contribution is 7.99. The molecule has 0 atom stereocenters. The molecule has 1 N–H and O–H groups in total. The van der Waals surface area contributed by atoms with Crippen molar-refractivity contribution in [2.45, 2.75) is 37.1 Å². The number of halogens is 3. The van der Waals surface area contributed by atoms with Crippen LogP contribution in [0.1, 0.15) is 19.8 Å². The Hall–Kier alpha value is -2.39. The molecule has 4 rings (SSSR count). The predicted octanol–water partition coefficient (Wildman–Crippen LogP) is 4.88. The van der Waals surface area contributed by atoms with Gasteiger partial charge in [-0.25, -0.2) is 13.8 Å². The predicted molar refractivity (Wildman–Crippen MR) is 123 cm³/mol. The van der Waals surface area contributed by atoms with E-state index in [1.807, 2.05) is 6.92 Å². The summed E-state index contributed by atoms with van der Waals surface area (Å²) in [4.78, 5) is 31.9. The summed E-state index contributed by atoms with van der Waals surface area (Å²) in [5.41, 5.74) is 0.412. The molecule has 2 heterocycles. The SMILES string of the molecule is CCSc1c(Cl)ccc2c(=O)c3ccc(N(C)CC4CC(F)(F)C4)nc3n(CC(=O)O)c12. The van der Waals surface area contributed by atoms with E-state index in [0.717, 1.165) is 0 Å². The van der Waals surface area contributed by atoms with Gasteiger partial charge in [0.2, 0.25) is 5.92 Å². The van der Waals surface area contributed by atoms with Gasteiger partial charge in [0.1, 0.15) is 18.0 Å². The van der Waals surface area contributed by atoms with E-state index in [2.05, 4.69) is 4.98 Å². The molecule has 32 heavy (non-hydrogen) atoms. The highest BCUT2D eigenvalue weighted by atomic mass is 35.5. The lowest BCUT2D eigenvalue weighted by molar-refractivity contribution is -0.137. The molecule has 0 spiro atoms. The van der Waals surface area contributed by atoms with E-state index < -0.39 is 18.4 Å². The molecule has 170 valence electrons. The first-order valence-corrected chi connectivity index (χ1v) is 11.6. The van der Waals surface area contributed by atoms with Gasteiger partial charge in [0.05, 0.1) is 20.8 Å². The number of hydrogen-bond donors (Lipinski definition) is 1. The molecule has 0 radical (unpaired) electrons. The number of benzene rings is 1. The Kier molecular flexibility index (Phi) is 6.06. The molecule has 1 fully saturated rings. The fraction of sp³-hybridized carbons (Fsp3) is 0.409. The third kappa shape index (κ3) is 4.15. The van der Waals surface area contributed by atoms with Gasteiger partial charge >= 0.3 is 5.97 Å². The number of nitrogens with zero attached hydrogens (tertiary/aromatic N) is 3. The number of carboxylic acids is 1. The number of hydrogen-bond acceptors (Lipinski definition) is 5. The Labute approximate surface area is 192 Å². The van der Waals surface area contributed by atoms with Crippen LogP contribution in [-0.4, -0.2) is 45.9 Å². The summed E-state index contributed by atoms with van der Waals surface area (Å²) < 4.78 is 27.9. The average Bonchev–Trinajstić information content (AvgIpc) is 2.70. The largest absolute Gasteiger partial charge is 0.480 e. The molecule has 0 aliphatic heterocycles. The minimum absolute atomic E-state index is 0.142. The molecule has 10 heteroatoms. The van der Waals surface area contributed by atoms with Gasteiger partial charge in [-0.3, -0.25) is 9.59 Å². The molecule has 0 amide bonds. The number of carbonyl (C=O) groups is 1. The first kappa shape index (κ1) is 22.8. The standard InChI is InChI=1S/C22H22ClF2N3O3S/c1-3-32-20-15(23)6-4-13-18(20)28(11-17(29)30)21-14(19(13)31)5-7-16(26-21)27(2)10-12-8-22(24,25)9-12/h4-7,12H,3,8-11H2,1-2H3,(H,29,30). The second-order valence-electron chi connectivity index (χ2n) is 8.07. The molecule has 1 aliphatic carbocycles. The average molecular weight is 482 g/mol. The monoisotopic (exact) mass is 481 g/mol. The van der Waals surface area contributed by atoms with Crippen LogP contribution in [0, 0.1) is 5.92 Å². The number of aliphatic carboxylic acids is 1. The fourth-order valence-electron chi connectivity index (χ4n) is 4.25. The number of thioether (sulfide) groups is 1. The highest BCUT2D eigenvalue weighted by Crippen LogP contribution is 2.43. The number of alkyl halides is 2. The van der Waals surface area contributed by atoms with Crippen LogP contribution in [0.3, 0.4) is 0 Å². The Morgan fingerprint density at radius 1 is 1.31 bits per heavy atom. The van der Waals surface area contributed by atoms with E-state index in [-0.39, 0.29) is 29.8 Å². The Balaban J connectivity index is 1.90. The zero-order valence-electron chi connectivity index (χ0n) is 17.6. The van der Waals surface area contributed by atoms with E-state index in [1.54, 1.807) is 36.2 Å². The van der Waals surface area contributed by atoms with Gasteiger partial charge in [0.25, 0.3) is 0 Å². The van der Waals surface area contributed by atoms with Crippen LogP contribution in [0.2, 0.25) is 5.02 Å². The van der Waals surface area contributed by atoms with Crippen molar-refractivity contribution in [2.75, 3.05) is 24.2 Å². The third-order valence-corrected chi connectivity index (χ3v) is 7.06. The molecule has 1 saturated carbocycles. The van der Waals surface area contributed by atoms with E-state index in [1.165, 1.54) is 16.3 Å². The topological polar surface area (TPSA) is 75.4 Å². The summed E-state index contributed by atoms with van der Waals surface area (Å²) >= 11 is 7.83. The van der Waals surface area contributed by atoms with E-state index in [9.17, 15) is 23.5 Å². The zero-order valence-corrected chi connectivity index (χ0v) is 19.1. The maximum absolute atomic E-state index is 13.2. The molecule has 0 bridgehead atoms. The number of pyridine rings is 2. The second kappa shape index (κ2) is 8.51. The van der Waals surface area contributed by atoms with Crippen LogP contribution < -0.4 is 10.3 Å². The summed E-state index contributed by atoms with van der Waals surface area (Å²) in [5, 5.41) is 10.7. The first-order valence-electron chi connectivity index (χ1n) is 10.2. The van der Waals surface area contributed by atoms with Crippen LogP contribution in [0.5, 0.6) is 0 Å². The lowest BCUT2D eigenvalue weighted by atomic mass is 9.81. The second-order valence-corrected chi connectivity index (χ2v) is 9.75. The van der Waals surface area contributed by atoms with Crippen LogP contribution in [-0.2, 0) is 11.3 Å². The number of fused-ring (bicyclic) bond motifs is 2. The lowest BCUT2D eigenvalue weighted by Crippen LogP contribution is -2.41. The van der Waals surface area contributed by atoms with Crippen molar-refractivity contribution in [3.05, 3.63) is 39.5 Å². The molecule has 0 saturated heterocycles. The number of rotatable bonds is 7. The van der Waals surface area contributed by atoms with Crippen LogP contribution in [0.25, 0.3) is 21.9 Å². The highest BCUT2D eigenvalue weighted by Gasteiger charge is 2.45. The summed E-state index contributed by atoms with van der Waals surface area (Å²) in [5.74, 6) is -2.66. The minimum Gasteiger partial charge on any atom is -0.480 e. The minimum atomic E-state index is -2.60. The van der Waals surface area contributed by atoms with Crippen molar-refractivity contribution in [3.63, 3.8) is 0 Å². The van der Waals surface area contributed by atoms with Gasteiger partial charge in [0.15, 0.2) is 5.43 Å². The van der Waals surface area contributed by atoms with Crippen LogP contribution >= 0.6 is 23.4 Å². The summed E-state index contributed by atoms with van der Waals surface area (Å²) in [6.07, 6.45) is -0.315. The number of carboxylic acid groups (broad SMARTS) is 1. The third-order valence-electron chi connectivity index (χ3n) is 5.64. The maximum Gasteiger partial charge on any atom is 0.323 e. The zero-order chi connectivity index (χ0) is 23.2. The van der Waals surface area contributed by atoms with Gasteiger partial charge in [-0.15, -0.1) is 11.8 Å². The summed E-state index contributed by atoms with van der Waals surface area (Å²) in [6.45, 7) is 1.93. The smallest absolute Gasteiger partial charge is 0.323 e. The van der Waals surface area contributed by atoms with Gasteiger partial charge in [-0.1, -0.05) is 18.5 Å². The molecule has 1 aliphatic rings. The molecule has 3 aromatic rings. The van der Waals surface area contributed by atoms with Gasteiger partial charge in [0, 0.05) is 31.8 Å². The quantitative estimate of drug-likeness (QED) is 0.383. The molecule has 1 aromatic carbocycles. The first-order chi connectivity index (χ1) is 15.1. The summed E-state index contributed by atoms with van der Waals surface area (Å²) in [6, 6.07) is 6.53. The van der Waals surface area contributed by atoms with Gasteiger partial charge in [-0.05, 0) is 35.9 Å². The van der Waals surface area contributed by atoms with Crippen LogP contribution in [0.4, 0.5) is 14.6 Å². The van der Waals surface area contributed by atoms with Crippen molar-refractivity contribution in [1.82, 2.24) is 9.55 Å². The molecule has 2 aromatic heterocycles. The fourth-order valence-corrected chi connectivity index (χ4v) is 5.42. The van der Waals surface area contributed by atoms with E-state index in [4.69, 9.17) is 11.6 Å². The van der Waals surface area contributed by atoms with Crippen molar-refractivity contribution >= 4 is 57.1 Å². The number of aromatic nitrogens is 2. The van der Waals surface area contributed by atoms with Crippen LogP contribution in [0.15, 0.2) is 34.0 Å². The van der Waals surface area contributed by atoms with Gasteiger partial charge in [-0.2, -0.15) is 0 Å². The molecular weight excluding hydrogens is 460 g/mol. The summed E-state index contributed by atoms with van der Waals surface area (Å²) in [7, 11) is 1.75.